The number of aryl methyl sites for hydroxylation is 1. The molecule has 1 aliphatic rings. The SMILES string of the molecule is C=C(N)c1c(N)cccc1OC[C@H]1CCCN(C(=O)c2ccncc2C)C1. The number of ether oxygens (including phenoxy) is 1. The molecule has 1 fully saturated rings. The summed E-state index contributed by atoms with van der Waals surface area (Å²) < 4.78 is 6.01. The molecule has 0 bridgehead atoms. The van der Waals surface area contributed by atoms with Crippen molar-refractivity contribution in [2.24, 2.45) is 11.7 Å². The highest BCUT2D eigenvalue weighted by Crippen LogP contribution is 2.29. The van der Waals surface area contributed by atoms with E-state index in [4.69, 9.17) is 16.2 Å². The van der Waals surface area contributed by atoms with Gasteiger partial charge < -0.3 is 21.1 Å². The lowest BCUT2D eigenvalue weighted by Gasteiger charge is -2.33. The van der Waals surface area contributed by atoms with Crippen LogP contribution < -0.4 is 16.2 Å². The van der Waals surface area contributed by atoms with E-state index in [0.29, 0.717) is 41.4 Å². The van der Waals surface area contributed by atoms with Gasteiger partial charge in [0, 0.05) is 48.3 Å². The van der Waals surface area contributed by atoms with Crippen LogP contribution in [0.3, 0.4) is 0 Å². The Labute approximate surface area is 159 Å². The van der Waals surface area contributed by atoms with Crippen LogP contribution in [-0.4, -0.2) is 35.5 Å². The van der Waals surface area contributed by atoms with Gasteiger partial charge in [-0.2, -0.15) is 0 Å². The second kappa shape index (κ2) is 8.12. The standard InChI is InChI=1S/C21H26N4O2/c1-14-11-24-9-8-17(14)21(26)25-10-4-5-16(12-25)13-27-19-7-3-6-18(23)20(19)15(2)22/h3,6-9,11,16H,2,4-5,10,12-13,22-23H2,1H3/t16-/m0/s1. The fraction of sp³-hybridized carbons (Fsp3) is 0.333. The zero-order chi connectivity index (χ0) is 19.4. The maximum atomic E-state index is 12.8. The highest BCUT2D eigenvalue weighted by atomic mass is 16.5. The Balaban J connectivity index is 1.66. The predicted octanol–water partition coefficient (Wildman–Crippen LogP) is 2.83. The van der Waals surface area contributed by atoms with Crippen LogP contribution in [0.4, 0.5) is 5.69 Å². The van der Waals surface area contributed by atoms with Gasteiger partial charge in [-0.05, 0) is 43.5 Å². The minimum Gasteiger partial charge on any atom is -0.492 e. The molecule has 0 saturated carbocycles. The number of nitrogens with zero attached hydrogens (tertiary/aromatic N) is 2. The van der Waals surface area contributed by atoms with Crippen LogP contribution >= 0.6 is 0 Å². The van der Waals surface area contributed by atoms with Crippen molar-refractivity contribution < 1.29 is 9.53 Å². The lowest BCUT2D eigenvalue weighted by molar-refractivity contribution is 0.0632. The van der Waals surface area contributed by atoms with E-state index in [1.165, 1.54) is 0 Å². The molecule has 4 N–H and O–H groups in total. The first-order chi connectivity index (χ1) is 13.0. The lowest BCUT2D eigenvalue weighted by Crippen LogP contribution is -2.41. The molecule has 27 heavy (non-hydrogen) atoms. The van der Waals surface area contributed by atoms with Crippen LogP contribution in [0, 0.1) is 12.8 Å². The second-order valence-electron chi connectivity index (χ2n) is 7.01. The van der Waals surface area contributed by atoms with E-state index in [-0.39, 0.29) is 11.8 Å². The van der Waals surface area contributed by atoms with Gasteiger partial charge >= 0.3 is 0 Å². The number of aromatic nitrogens is 1. The van der Waals surface area contributed by atoms with Gasteiger partial charge in [-0.3, -0.25) is 9.78 Å². The van der Waals surface area contributed by atoms with E-state index >= 15 is 0 Å². The van der Waals surface area contributed by atoms with Gasteiger partial charge in [0.15, 0.2) is 0 Å². The van der Waals surface area contributed by atoms with Crippen molar-refractivity contribution in [3.05, 3.63) is 59.9 Å². The number of anilines is 1. The summed E-state index contributed by atoms with van der Waals surface area (Å²) >= 11 is 0. The fourth-order valence-electron chi connectivity index (χ4n) is 3.49. The Bertz CT molecular complexity index is 850. The Hall–Kier alpha value is -3.02. The minimum atomic E-state index is 0.0552. The number of rotatable bonds is 5. The molecular weight excluding hydrogens is 340 g/mol. The normalized spacial score (nSPS) is 16.8. The van der Waals surface area contributed by atoms with Gasteiger partial charge in [-0.15, -0.1) is 0 Å². The van der Waals surface area contributed by atoms with Gasteiger partial charge in [0.05, 0.1) is 12.2 Å². The number of amides is 1. The molecule has 1 saturated heterocycles. The first-order valence-corrected chi connectivity index (χ1v) is 9.13. The number of carbonyl (C=O) groups is 1. The van der Waals surface area contributed by atoms with E-state index in [9.17, 15) is 4.79 Å². The number of benzene rings is 1. The summed E-state index contributed by atoms with van der Waals surface area (Å²) in [5, 5.41) is 0. The largest absolute Gasteiger partial charge is 0.492 e. The number of nitrogen functional groups attached to an aromatic ring is 1. The number of carbonyl (C=O) groups excluding carboxylic acids is 1. The number of piperidine rings is 1. The van der Waals surface area contributed by atoms with Gasteiger partial charge in [0.2, 0.25) is 0 Å². The van der Waals surface area contributed by atoms with Gasteiger partial charge in [-0.25, -0.2) is 0 Å². The molecule has 1 atom stereocenters. The molecule has 0 radical (unpaired) electrons. The Morgan fingerprint density at radius 1 is 1.41 bits per heavy atom. The van der Waals surface area contributed by atoms with E-state index in [0.717, 1.165) is 24.9 Å². The number of likely N-dealkylation sites (tertiary alicyclic amines) is 1. The number of pyridine rings is 1. The van der Waals surface area contributed by atoms with Crippen LogP contribution in [0.1, 0.15) is 34.3 Å². The molecule has 0 aliphatic carbocycles. The summed E-state index contributed by atoms with van der Waals surface area (Å²) in [4.78, 5) is 18.8. The summed E-state index contributed by atoms with van der Waals surface area (Å²) in [6, 6.07) is 7.23. The molecule has 1 aromatic carbocycles. The molecule has 2 aromatic rings. The van der Waals surface area contributed by atoms with E-state index < -0.39 is 0 Å². The summed E-state index contributed by atoms with van der Waals surface area (Å²) in [5.41, 5.74) is 15.0. The average molecular weight is 366 g/mol. The van der Waals surface area contributed by atoms with Crippen LogP contribution in [-0.2, 0) is 0 Å². The maximum Gasteiger partial charge on any atom is 0.254 e. The Morgan fingerprint density at radius 2 is 2.22 bits per heavy atom. The van der Waals surface area contributed by atoms with Gasteiger partial charge in [-0.1, -0.05) is 12.6 Å². The number of nitrogens with two attached hydrogens (primary N) is 2. The first kappa shape index (κ1) is 18.8. The zero-order valence-corrected chi connectivity index (χ0v) is 15.6. The van der Waals surface area contributed by atoms with Crippen molar-refractivity contribution in [2.45, 2.75) is 19.8 Å². The zero-order valence-electron chi connectivity index (χ0n) is 15.6. The maximum absolute atomic E-state index is 12.8. The van der Waals surface area contributed by atoms with E-state index in [1.807, 2.05) is 24.0 Å². The molecule has 0 unspecified atom stereocenters. The van der Waals surface area contributed by atoms with E-state index in [2.05, 4.69) is 11.6 Å². The molecule has 1 amide bonds. The van der Waals surface area contributed by atoms with Crippen molar-refractivity contribution in [1.29, 1.82) is 0 Å². The van der Waals surface area contributed by atoms with Gasteiger partial charge in [0.25, 0.3) is 5.91 Å². The van der Waals surface area contributed by atoms with Crippen LogP contribution in [0.5, 0.6) is 5.75 Å². The van der Waals surface area contributed by atoms with E-state index in [1.54, 1.807) is 24.5 Å². The summed E-state index contributed by atoms with van der Waals surface area (Å²) in [7, 11) is 0. The summed E-state index contributed by atoms with van der Waals surface area (Å²) in [6.07, 6.45) is 5.35. The third-order valence-electron chi connectivity index (χ3n) is 4.91. The smallest absolute Gasteiger partial charge is 0.254 e. The van der Waals surface area contributed by atoms with Crippen molar-refractivity contribution in [3.63, 3.8) is 0 Å². The molecule has 2 heterocycles. The fourth-order valence-corrected chi connectivity index (χ4v) is 3.49. The summed E-state index contributed by atoms with van der Waals surface area (Å²) in [5.74, 6) is 0.945. The monoisotopic (exact) mass is 366 g/mol. The number of hydrogen-bond acceptors (Lipinski definition) is 5. The molecule has 1 aromatic heterocycles. The van der Waals surface area contributed by atoms with Gasteiger partial charge in [0.1, 0.15) is 5.75 Å². The third-order valence-corrected chi connectivity index (χ3v) is 4.91. The number of hydrogen-bond donors (Lipinski definition) is 2. The first-order valence-electron chi connectivity index (χ1n) is 9.13. The predicted molar refractivity (Wildman–Crippen MR) is 107 cm³/mol. The average Bonchev–Trinajstić information content (AvgIpc) is 2.66. The highest BCUT2D eigenvalue weighted by Gasteiger charge is 2.26. The highest BCUT2D eigenvalue weighted by molar-refractivity contribution is 5.95. The minimum absolute atomic E-state index is 0.0552. The molecule has 6 heteroatoms. The Kier molecular flexibility index (Phi) is 5.64. The second-order valence-corrected chi connectivity index (χ2v) is 7.01. The van der Waals surface area contributed by atoms with Crippen molar-refractivity contribution >= 4 is 17.3 Å². The van der Waals surface area contributed by atoms with Crippen LogP contribution in [0.25, 0.3) is 5.70 Å². The quantitative estimate of drug-likeness (QED) is 0.794. The van der Waals surface area contributed by atoms with Crippen molar-refractivity contribution in [3.8, 4) is 5.75 Å². The lowest BCUT2D eigenvalue weighted by atomic mass is 9.97. The van der Waals surface area contributed by atoms with Crippen LogP contribution in [0.15, 0.2) is 43.2 Å². The van der Waals surface area contributed by atoms with Crippen molar-refractivity contribution in [1.82, 2.24) is 9.88 Å². The Morgan fingerprint density at radius 3 is 2.96 bits per heavy atom. The molecule has 1 aliphatic heterocycles. The molecular formula is C21H26N4O2. The third kappa shape index (κ3) is 4.22. The summed E-state index contributed by atoms with van der Waals surface area (Å²) in [6.45, 7) is 7.62. The molecule has 3 rings (SSSR count). The molecule has 0 spiro atoms. The van der Waals surface area contributed by atoms with Crippen LogP contribution in [0.2, 0.25) is 0 Å². The molecule has 6 nitrogen and oxygen atoms in total. The molecule has 142 valence electrons. The van der Waals surface area contributed by atoms with Crippen molar-refractivity contribution in [2.75, 3.05) is 25.4 Å². The topological polar surface area (TPSA) is 94.5 Å².